The van der Waals surface area contributed by atoms with Crippen LogP contribution in [0.2, 0.25) is 0 Å². The summed E-state index contributed by atoms with van der Waals surface area (Å²) in [5, 5.41) is 0. The summed E-state index contributed by atoms with van der Waals surface area (Å²) in [5.74, 6) is 0. The molecule has 0 aromatic rings. The third-order valence-corrected chi connectivity index (χ3v) is 0. The second-order valence-electron chi connectivity index (χ2n) is 0. The van der Waals surface area contributed by atoms with Gasteiger partial charge in [0.1, 0.15) is 0 Å². The van der Waals surface area contributed by atoms with E-state index in [0.29, 0.717) is 0 Å². The van der Waals surface area contributed by atoms with E-state index < -0.39 is 0 Å². The third-order valence-electron chi connectivity index (χ3n) is 0. The Morgan fingerprint density at radius 1 is 0.200 bits per heavy atom. The van der Waals surface area contributed by atoms with Gasteiger partial charge in [0.2, 0.25) is 0 Å². The van der Waals surface area contributed by atoms with Gasteiger partial charge in [0, 0.05) is 222 Å². The molecule has 0 unspecified atom stereocenters. The molecule has 0 N–H and O–H groups in total. The van der Waals surface area contributed by atoms with Gasteiger partial charge in [0.25, 0.3) is 0 Å². The number of rotatable bonds is 0. The predicted molar refractivity (Wildman–Crippen MR) is 0 cm³/mol. The number of hydrogen-bond donors (Lipinski definition) is 0. The van der Waals surface area contributed by atoms with Gasteiger partial charge in [0.15, 0.2) is 0 Å². The second-order valence-corrected chi connectivity index (χ2v) is 0. The first-order valence-electron chi connectivity index (χ1n) is 0. The van der Waals surface area contributed by atoms with Crippen molar-refractivity contribution in [1.29, 1.82) is 0 Å². The minimum absolute atomic E-state index is 0. The molecular weight excluding hydrogens is 1080 g/mol. The van der Waals surface area contributed by atoms with Crippen molar-refractivity contribution in [2.45, 2.75) is 0 Å². The van der Waals surface area contributed by atoms with Gasteiger partial charge in [-0.05, 0) is 0 Å². The fraction of sp³-hybridized carbons (Fsp3) is 0. The Balaban J connectivity index is 0. The van der Waals surface area contributed by atoms with Gasteiger partial charge in [-0.2, -0.15) is 0 Å². The van der Waals surface area contributed by atoms with E-state index in [1.54, 1.807) is 0 Å². The summed E-state index contributed by atoms with van der Waals surface area (Å²) in [5.41, 5.74) is 0. The SMILES string of the molecule is [Ag].[Ag].[Ag].[Ag].[Ag].[Ag].[Ag].[Ag].[Ag].[Pd]. The minimum atomic E-state index is 0. The largest absolute Gasteiger partial charge is 0 e. The molecule has 0 nitrogen and oxygen atoms in total. The van der Waals surface area contributed by atoms with E-state index in [0.717, 1.165) is 0 Å². The fourth-order valence-electron chi connectivity index (χ4n) is 0. The van der Waals surface area contributed by atoms with E-state index in [1.807, 2.05) is 0 Å². The molecule has 0 rings (SSSR count). The molecule has 0 aromatic heterocycles. The van der Waals surface area contributed by atoms with Crippen LogP contribution in [0.1, 0.15) is 0 Å². The molecule has 0 saturated heterocycles. The normalized spacial score (nSPS) is 0. The zero-order chi connectivity index (χ0) is 0. The van der Waals surface area contributed by atoms with Crippen molar-refractivity contribution in [1.82, 2.24) is 0 Å². The van der Waals surface area contributed by atoms with Crippen molar-refractivity contribution < 1.29 is 222 Å². The maximum atomic E-state index is 0. The topological polar surface area (TPSA) is 0 Å². The molecule has 0 spiro atoms. The summed E-state index contributed by atoms with van der Waals surface area (Å²) in [4.78, 5) is 0. The summed E-state index contributed by atoms with van der Waals surface area (Å²) in [6, 6.07) is 0. The van der Waals surface area contributed by atoms with Crippen molar-refractivity contribution in [3.63, 3.8) is 0 Å². The van der Waals surface area contributed by atoms with Crippen LogP contribution in [-0.4, -0.2) is 0 Å². The Bertz CT molecular complexity index is 4.69. The van der Waals surface area contributed by atoms with Crippen LogP contribution >= 0.6 is 0 Å². The molecule has 0 bridgehead atoms. The molecular formula is Ag9Pd. The quantitative estimate of drug-likeness (QED) is 0.300. The molecule has 109 valence electrons. The van der Waals surface area contributed by atoms with Crippen LogP contribution in [0, 0.1) is 0 Å². The van der Waals surface area contributed by atoms with Crippen molar-refractivity contribution in [2.75, 3.05) is 0 Å². The van der Waals surface area contributed by atoms with E-state index in [2.05, 4.69) is 0 Å². The molecule has 0 saturated carbocycles. The van der Waals surface area contributed by atoms with E-state index in [4.69, 9.17) is 0 Å². The summed E-state index contributed by atoms with van der Waals surface area (Å²) in [6.45, 7) is 0. The Hall–Kier alpha value is 7.32. The summed E-state index contributed by atoms with van der Waals surface area (Å²) < 4.78 is 0. The zero-order valence-corrected chi connectivity index (χ0v) is 17.9. The Morgan fingerprint density at radius 3 is 0.200 bits per heavy atom. The molecule has 0 aliphatic carbocycles. The molecule has 9 radical (unpaired) electrons. The van der Waals surface area contributed by atoms with Gasteiger partial charge in [-0.3, -0.25) is 0 Å². The molecule has 0 aliphatic heterocycles. The molecule has 0 aliphatic rings. The van der Waals surface area contributed by atoms with Gasteiger partial charge < -0.3 is 0 Å². The molecule has 10 heavy (non-hydrogen) atoms. The van der Waals surface area contributed by atoms with Crippen LogP contribution in [0.25, 0.3) is 0 Å². The van der Waals surface area contributed by atoms with Gasteiger partial charge >= 0.3 is 0 Å². The van der Waals surface area contributed by atoms with Gasteiger partial charge in [-0.1, -0.05) is 0 Å². The molecule has 0 atom stereocenters. The fourth-order valence-corrected chi connectivity index (χ4v) is 0. The Kier molecular flexibility index (Phi) is 615. The van der Waals surface area contributed by atoms with Crippen LogP contribution in [0.15, 0.2) is 0 Å². The molecule has 0 aromatic carbocycles. The summed E-state index contributed by atoms with van der Waals surface area (Å²) >= 11 is 0. The standard InChI is InChI=1S/9Ag.Pd. The monoisotopic (exact) mass is 1070 g/mol. The second kappa shape index (κ2) is 71.5. The Labute approximate surface area is 216 Å². The van der Waals surface area contributed by atoms with Crippen molar-refractivity contribution in [2.24, 2.45) is 0 Å². The predicted octanol–water partition coefficient (Wildman–Crippen LogP) is -0.0250. The van der Waals surface area contributed by atoms with Gasteiger partial charge in [0.05, 0.1) is 0 Å². The molecule has 0 amide bonds. The van der Waals surface area contributed by atoms with E-state index >= 15 is 0 Å². The maximum absolute atomic E-state index is 0. The van der Waals surface area contributed by atoms with Crippen LogP contribution in [0.4, 0.5) is 0 Å². The third kappa shape index (κ3) is 58.6. The average molecular weight is 1080 g/mol. The van der Waals surface area contributed by atoms with Crippen molar-refractivity contribution in [3.05, 3.63) is 0 Å². The maximum Gasteiger partial charge on any atom is 0 e. The first-order valence-corrected chi connectivity index (χ1v) is 0. The smallest absolute Gasteiger partial charge is 0 e. The number of hydrogen-bond acceptors (Lipinski definition) is 0. The van der Waals surface area contributed by atoms with Crippen LogP contribution in [0.5, 0.6) is 0 Å². The van der Waals surface area contributed by atoms with Gasteiger partial charge in [-0.25, -0.2) is 0 Å². The average Bonchev–Trinajstić information content (AvgIpc) is 0. The first kappa shape index (κ1) is 86.1. The minimum Gasteiger partial charge on any atom is 0 e. The Morgan fingerprint density at radius 2 is 0.200 bits per heavy atom. The first-order chi connectivity index (χ1) is 0. The van der Waals surface area contributed by atoms with E-state index in [9.17, 15) is 0 Å². The summed E-state index contributed by atoms with van der Waals surface area (Å²) in [7, 11) is 0. The molecule has 10 heteroatoms. The van der Waals surface area contributed by atoms with Crippen molar-refractivity contribution >= 4 is 0 Å². The van der Waals surface area contributed by atoms with Gasteiger partial charge in [-0.15, -0.1) is 0 Å². The van der Waals surface area contributed by atoms with Crippen LogP contribution < -0.4 is 0 Å². The molecule has 0 fully saturated rings. The van der Waals surface area contributed by atoms with Crippen LogP contribution in [0.3, 0.4) is 0 Å². The van der Waals surface area contributed by atoms with E-state index in [1.165, 1.54) is 0 Å². The summed E-state index contributed by atoms with van der Waals surface area (Å²) in [6.07, 6.45) is 0. The molecule has 0 heterocycles. The van der Waals surface area contributed by atoms with Crippen LogP contribution in [-0.2, 0) is 222 Å². The van der Waals surface area contributed by atoms with E-state index in [-0.39, 0.29) is 222 Å². The zero-order valence-electron chi connectivity index (χ0n) is 3.03. The van der Waals surface area contributed by atoms with Crippen molar-refractivity contribution in [3.8, 4) is 0 Å².